The van der Waals surface area contributed by atoms with Crippen molar-refractivity contribution in [1.82, 2.24) is 9.97 Å². The molecule has 0 radical (unpaired) electrons. The van der Waals surface area contributed by atoms with Crippen LogP contribution in [0.1, 0.15) is 31.2 Å². The highest BCUT2D eigenvalue weighted by Gasteiger charge is 2.24. The van der Waals surface area contributed by atoms with Crippen LogP contribution in [0.4, 0.5) is 5.95 Å². The Hall–Kier alpha value is -3.29. The summed E-state index contributed by atoms with van der Waals surface area (Å²) >= 11 is 0. The Labute approximate surface area is 169 Å². The topological polar surface area (TPSA) is 139 Å². The summed E-state index contributed by atoms with van der Waals surface area (Å²) < 4.78 is 0. The maximum atomic E-state index is 11.8. The van der Waals surface area contributed by atoms with E-state index in [4.69, 9.17) is 16.9 Å². The van der Waals surface area contributed by atoms with Crippen molar-refractivity contribution >= 4 is 23.5 Å². The van der Waals surface area contributed by atoms with Crippen LogP contribution in [0, 0.1) is 11.3 Å². The lowest BCUT2D eigenvalue weighted by atomic mass is 9.96. The molecule has 0 saturated carbocycles. The van der Waals surface area contributed by atoms with Crippen LogP contribution in [0.2, 0.25) is 0 Å². The molecule has 5 N–H and O–H groups in total. The van der Waals surface area contributed by atoms with E-state index >= 15 is 0 Å². The molecule has 2 aromatic rings. The molecule has 1 aliphatic rings. The van der Waals surface area contributed by atoms with Gasteiger partial charge in [0.2, 0.25) is 11.9 Å². The minimum Gasteiger partial charge on any atom is -0.387 e. The second-order valence-corrected chi connectivity index (χ2v) is 7.38. The molecule has 1 aliphatic heterocycles. The van der Waals surface area contributed by atoms with Gasteiger partial charge in [0.25, 0.3) is 0 Å². The standard InChI is InChI=1S/C21H26N6O2/c22-19(23)11-18(28)5-4-14-2-1-3-16(10-14)17-12-25-21(26-13-17)27-8-6-15(7-9-27)20(24)29/h1-3,10,12-13,15H,4-9,11H2,(H3,22,23)(H2,24,29). The van der Waals surface area contributed by atoms with E-state index in [-0.39, 0.29) is 29.9 Å². The highest BCUT2D eigenvalue weighted by molar-refractivity contribution is 5.98. The zero-order valence-electron chi connectivity index (χ0n) is 16.3. The molecule has 0 aliphatic carbocycles. The van der Waals surface area contributed by atoms with Crippen molar-refractivity contribution in [2.45, 2.75) is 32.1 Å². The van der Waals surface area contributed by atoms with Gasteiger partial charge in [0.1, 0.15) is 5.78 Å². The molecule has 0 bridgehead atoms. The molecule has 3 rings (SSSR count). The van der Waals surface area contributed by atoms with E-state index in [9.17, 15) is 9.59 Å². The lowest BCUT2D eigenvalue weighted by molar-refractivity contribution is -0.122. The van der Waals surface area contributed by atoms with Gasteiger partial charge in [-0.1, -0.05) is 24.3 Å². The lowest BCUT2D eigenvalue weighted by Crippen LogP contribution is -2.39. The molecular formula is C21H26N6O2. The molecule has 1 saturated heterocycles. The molecule has 1 amide bonds. The molecule has 152 valence electrons. The number of benzene rings is 1. The fraction of sp³-hybridized carbons (Fsp3) is 0.381. The largest absolute Gasteiger partial charge is 0.387 e. The number of primary amides is 1. The monoisotopic (exact) mass is 394 g/mol. The summed E-state index contributed by atoms with van der Waals surface area (Å²) in [6.07, 6.45) is 6.01. The second kappa shape index (κ2) is 9.27. The molecule has 8 nitrogen and oxygen atoms in total. The van der Waals surface area contributed by atoms with Crippen molar-refractivity contribution in [1.29, 1.82) is 5.41 Å². The van der Waals surface area contributed by atoms with Gasteiger partial charge in [-0.15, -0.1) is 0 Å². The first-order valence-electron chi connectivity index (χ1n) is 9.72. The van der Waals surface area contributed by atoms with E-state index in [2.05, 4.69) is 14.9 Å². The summed E-state index contributed by atoms with van der Waals surface area (Å²) in [6.45, 7) is 1.44. The van der Waals surface area contributed by atoms with Gasteiger partial charge < -0.3 is 16.4 Å². The van der Waals surface area contributed by atoms with Crippen molar-refractivity contribution < 1.29 is 9.59 Å². The summed E-state index contributed by atoms with van der Waals surface area (Å²) in [5, 5.41) is 7.19. The summed E-state index contributed by atoms with van der Waals surface area (Å²) in [7, 11) is 0. The number of Topliss-reactive ketones (excluding diaryl/α,β-unsaturated/α-hetero) is 1. The first-order valence-corrected chi connectivity index (χ1v) is 9.72. The predicted molar refractivity (Wildman–Crippen MR) is 111 cm³/mol. The number of hydrogen-bond acceptors (Lipinski definition) is 6. The number of amides is 1. The Balaban J connectivity index is 1.62. The molecule has 0 unspecified atom stereocenters. The van der Waals surface area contributed by atoms with E-state index in [0.717, 1.165) is 42.6 Å². The van der Waals surface area contributed by atoms with Gasteiger partial charge in [0, 0.05) is 43.4 Å². The van der Waals surface area contributed by atoms with Gasteiger partial charge in [-0.2, -0.15) is 0 Å². The lowest BCUT2D eigenvalue weighted by Gasteiger charge is -2.30. The van der Waals surface area contributed by atoms with E-state index in [1.54, 1.807) is 12.4 Å². The number of nitrogens with zero attached hydrogens (tertiary/aromatic N) is 3. The molecule has 29 heavy (non-hydrogen) atoms. The SMILES string of the molecule is N=C(N)CC(=O)CCc1cccc(-c2cnc(N3CCC(C(N)=O)CC3)nc2)c1. The highest BCUT2D eigenvalue weighted by Crippen LogP contribution is 2.23. The Kier molecular flexibility index (Phi) is 6.54. The third-order valence-corrected chi connectivity index (χ3v) is 5.16. The van der Waals surface area contributed by atoms with Crippen LogP contribution in [0.5, 0.6) is 0 Å². The number of hydrogen-bond donors (Lipinski definition) is 3. The number of carbonyl (C=O) groups excluding carboxylic acids is 2. The molecule has 1 aromatic heterocycles. The van der Waals surface area contributed by atoms with Gasteiger partial charge in [-0.05, 0) is 30.4 Å². The zero-order chi connectivity index (χ0) is 20.8. The maximum Gasteiger partial charge on any atom is 0.225 e. The number of aromatic nitrogens is 2. The molecule has 1 fully saturated rings. The maximum absolute atomic E-state index is 11.8. The number of carbonyl (C=O) groups is 2. The van der Waals surface area contributed by atoms with Gasteiger partial charge in [-0.3, -0.25) is 15.0 Å². The minimum atomic E-state index is -0.233. The second-order valence-electron chi connectivity index (χ2n) is 7.38. The third kappa shape index (κ3) is 5.60. The summed E-state index contributed by atoms with van der Waals surface area (Å²) in [6, 6.07) is 7.93. The van der Waals surface area contributed by atoms with Crippen molar-refractivity contribution in [2.24, 2.45) is 17.4 Å². The van der Waals surface area contributed by atoms with Gasteiger partial charge in [0.05, 0.1) is 12.3 Å². The summed E-state index contributed by atoms with van der Waals surface area (Å²) in [4.78, 5) is 34.1. The number of nitrogens with one attached hydrogen (secondary N) is 1. The molecular weight excluding hydrogens is 368 g/mol. The zero-order valence-corrected chi connectivity index (χ0v) is 16.3. The Bertz CT molecular complexity index is 888. The van der Waals surface area contributed by atoms with Crippen LogP contribution in [0.15, 0.2) is 36.7 Å². The number of ketones is 1. The van der Waals surface area contributed by atoms with Gasteiger partial charge >= 0.3 is 0 Å². The van der Waals surface area contributed by atoms with Gasteiger partial charge in [0.15, 0.2) is 0 Å². The Morgan fingerprint density at radius 3 is 2.41 bits per heavy atom. The number of amidine groups is 1. The average Bonchev–Trinajstić information content (AvgIpc) is 2.72. The van der Waals surface area contributed by atoms with Crippen molar-refractivity contribution in [2.75, 3.05) is 18.0 Å². The van der Waals surface area contributed by atoms with Gasteiger partial charge in [-0.25, -0.2) is 9.97 Å². The molecule has 8 heteroatoms. The number of anilines is 1. The van der Waals surface area contributed by atoms with Crippen LogP contribution in [-0.4, -0.2) is 40.6 Å². The number of piperidine rings is 1. The minimum absolute atomic E-state index is 0.00564. The number of rotatable bonds is 8. The fourth-order valence-corrected chi connectivity index (χ4v) is 3.49. The Morgan fingerprint density at radius 2 is 1.79 bits per heavy atom. The predicted octanol–water partition coefficient (Wildman–Crippen LogP) is 1.67. The third-order valence-electron chi connectivity index (χ3n) is 5.16. The van der Waals surface area contributed by atoms with Crippen LogP contribution in [0.25, 0.3) is 11.1 Å². The van der Waals surface area contributed by atoms with E-state index in [1.165, 1.54) is 0 Å². The quantitative estimate of drug-likeness (QED) is 0.460. The average molecular weight is 394 g/mol. The molecule has 0 spiro atoms. The van der Waals surface area contributed by atoms with E-state index < -0.39 is 0 Å². The smallest absolute Gasteiger partial charge is 0.225 e. The highest BCUT2D eigenvalue weighted by atomic mass is 16.1. The first kappa shape index (κ1) is 20.4. The molecule has 2 heterocycles. The normalized spacial score (nSPS) is 14.6. The van der Waals surface area contributed by atoms with E-state index in [1.807, 2.05) is 24.3 Å². The van der Waals surface area contributed by atoms with Crippen LogP contribution in [-0.2, 0) is 16.0 Å². The molecule has 1 aromatic carbocycles. The Morgan fingerprint density at radius 1 is 1.10 bits per heavy atom. The summed E-state index contributed by atoms with van der Waals surface area (Å²) in [5.41, 5.74) is 13.6. The number of aryl methyl sites for hydroxylation is 1. The van der Waals surface area contributed by atoms with Crippen molar-refractivity contribution in [3.05, 3.63) is 42.2 Å². The van der Waals surface area contributed by atoms with Crippen molar-refractivity contribution in [3.63, 3.8) is 0 Å². The summed E-state index contributed by atoms with van der Waals surface area (Å²) in [5.74, 6) is 0.234. The van der Waals surface area contributed by atoms with Crippen molar-refractivity contribution in [3.8, 4) is 11.1 Å². The van der Waals surface area contributed by atoms with Crippen LogP contribution in [0.3, 0.4) is 0 Å². The first-order chi connectivity index (χ1) is 13.9. The van der Waals surface area contributed by atoms with Crippen LogP contribution < -0.4 is 16.4 Å². The fourth-order valence-electron chi connectivity index (χ4n) is 3.49. The molecule has 0 atom stereocenters. The van der Waals surface area contributed by atoms with Crippen LogP contribution >= 0.6 is 0 Å². The number of nitrogens with two attached hydrogens (primary N) is 2. The van der Waals surface area contributed by atoms with E-state index in [0.29, 0.717) is 18.8 Å².